The van der Waals surface area contributed by atoms with Crippen LogP contribution in [-0.4, -0.2) is 46.9 Å². The number of amides is 2. The number of rotatable bonds is 6. The second-order valence-corrected chi connectivity index (χ2v) is 7.24. The number of aliphatic carboxylic acids is 1. The molecule has 1 saturated heterocycles. The predicted octanol–water partition coefficient (Wildman–Crippen LogP) is 2.81. The second-order valence-electron chi connectivity index (χ2n) is 6.81. The van der Waals surface area contributed by atoms with Crippen LogP contribution in [0.1, 0.15) is 43.5 Å². The molecule has 142 valence electrons. The van der Waals surface area contributed by atoms with Crippen molar-refractivity contribution in [3.63, 3.8) is 0 Å². The summed E-state index contributed by atoms with van der Waals surface area (Å²) < 4.78 is 0. The van der Waals surface area contributed by atoms with Gasteiger partial charge >= 0.3 is 5.97 Å². The van der Waals surface area contributed by atoms with Crippen molar-refractivity contribution in [2.75, 3.05) is 13.1 Å². The summed E-state index contributed by atoms with van der Waals surface area (Å²) in [7, 11) is 0. The summed E-state index contributed by atoms with van der Waals surface area (Å²) in [5.41, 5.74) is 0.526. The van der Waals surface area contributed by atoms with E-state index in [0.717, 1.165) is 0 Å². The summed E-state index contributed by atoms with van der Waals surface area (Å²) in [6, 6.07) is 5.74. The second kappa shape index (κ2) is 9.03. The molecule has 2 amide bonds. The molecule has 1 aromatic carbocycles. The molecule has 26 heavy (non-hydrogen) atoms. The molecule has 0 radical (unpaired) electrons. The largest absolute Gasteiger partial charge is 0.480 e. The Balaban J connectivity index is 2.02. The number of nitrogens with one attached hydrogen (secondary N) is 1. The lowest BCUT2D eigenvalue weighted by Gasteiger charge is -2.33. The van der Waals surface area contributed by atoms with Crippen molar-refractivity contribution in [2.45, 2.75) is 39.2 Å². The fourth-order valence-electron chi connectivity index (χ4n) is 3.10. The summed E-state index contributed by atoms with van der Waals surface area (Å²) in [5.74, 6) is -2.03. The average molecular weight is 381 g/mol. The van der Waals surface area contributed by atoms with Crippen molar-refractivity contribution in [2.24, 2.45) is 11.8 Å². The molecule has 0 saturated carbocycles. The number of halogens is 1. The molecular formula is C19H25ClN2O4. The van der Waals surface area contributed by atoms with Gasteiger partial charge in [0, 0.05) is 23.7 Å². The van der Waals surface area contributed by atoms with Crippen molar-refractivity contribution in [1.82, 2.24) is 10.2 Å². The number of hydrogen-bond donors (Lipinski definition) is 2. The van der Waals surface area contributed by atoms with Crippen LogP contribution in [0, 0.1) is 11.8 Å². The van der Waals surface area contributed by atoms with Gasteiger partial charge in [-0.15, -0.1) is 0 Å². The van der Waals surface area contributed by atoms with Gasteiger partial charge in [0.25, 0.3) is 5.91 Å². The maximum atomic E-state index is 12.6. The van der Waals surface area contributed by atoms with Gasteiger partial charge in [0.15, 0.2) is 0 Å². The van der Waals surface area contributed by atoms with E-state index in [4.69, 9.17) is 11.6 Å². The molecule has 1 aliphatic heterocycles. The molecule has 1 aromatic rings. The van der Waals surface area contributed by atoms with E-state index in [1.54, 1.807) is 36.1 Å². The Bertz CT molecular complexity index is 662. The molecule has 1 heterocycles. The average Bonchev–Trinajstić information content (AvgIpc) is 2.65. The molecule has 0 spiro atoms. The summed E-state index contributed by atoms with van der Waals surface area (Å²) in [6.45, 7) is 4.56. The van der Waals surface area contributed by atoms with Crippen molar-refractivity contribution < 1.29 is 19.5 Å². The van der Waals surface area contributed by atoms with Gasteiger partial charge in [-0.25, -0.2) is 4.79 Å². The Morgan fingerprint density at radius 2 is 1.96 bits per heavy atom. The van der Waals surface area contributed by atoms with E-state index in [-0.39, 0.29) is 17.7 Å². The topological polar surface area (TPSA) is 86.7 Å². The van der Waals surface area contributed by atoms with Crippen molar-refractivity contribution >= 4 is 29.4 Å². The normalized spacial score (nSPS) is 19.5. The van der Waals surface area contributed by atoms with Gasteiger partial charge in [-0.1, -0.05) is 31.9 Å². The van der Waals surface area contributed by atoms with E-state index < -0.39 is 17.9 Å². The molecular weight excluding hydrogens is 356 g/mol. The summed E-state index contributed by atoms with van der Waals surface area (Å²) in [6.07, 6.45) is 2.00. The van der Waals surface area contributed by atoms with Crippen LogP contribution in [0.2, 0.25) is 5.02 Å². The van der Waals surface area contributed by atoms with Gasteiger partial charge in [0.05, 0.1) is 5.92 Å². The predicted molar refractivity (Wildman–Crippen MR) is 99.1 cm³/mol. The zero-order valence-electron chi connectivity index (χ0n) is 15.1. The lowest BCUT2D eigenvalue weighted by Crippen LogP contribution is -2.51. The van der Waals surface area contributed by atoms with E-state index in [0.29, 0.717) is 42.9 Å². The lowest BCUT2D eigenvalue weighted by molar-refractivity contribution is -0.144. The molecule has 3 unspecified atom stereocenters. The molecule has 6 nitrogen and oxygen atoms in total. The van der Waals surface area contributed by atoms with E-state index in [2.05, 4.69) is 5.32 Å². The number of piperidine rings is 1. The number of carbonyl (C=O) groups is 3. The summed E-state index contributed by atoms with van der Waals surface area (Å²) in [5, 5.41) is 12.6. The maximum absolute atomic E-state index is 12.6. The number of benzene rings is 1. The van der Waals surface area contributed by atoms with Gasteiger partial charge in [-0.3, -0.25) is 9.59 Å². The Morgan fingerprint density at radius 3 is 2.54 bits per heavy atom. The summed E-state index contributed by atoms with van der Waals surface area (Å²) in [4.78, 5) is 38.2. The smallest absolute Gasteiger partial charge is 0.326 e. The third-order valence-electron chi connectivity index (χ3n) is 4.95. The number of likely N-dealkylation sites (tertiary alicyclic amines) is 1. The summed E-state index contributed by atoms with van der Waals surface area (Å²) >= 11 is 5.85. The molecule has 2 rings (SSSR count). The van der Waals surface area contributed by atoms with Crippen LogP contribution in [0.15, 0.2) is 24.3 Å². The molecule has 1 aliphatic rings. The Kier molecular flexibility index (Phi) is 7.03. The Morgan fingerprint density at radius 1 is 1.31 bits per heavy atom. The van der Waals surface area contributed by atoms with Crippen LogP contribution in [-0.2, 0) is 9.59 Å². The highest BCUT2D eigenvalue weighted by Gasteiger charge is 2.32. The van der Waals surface area contributed by atoms with Crippen molar-refractivity contribution in [3.8, 4) is 0 Å². The number of nitrogens with zero attached hydrogens (tertiary/aromatic N) is 1. The number of carboxylic acid groups (broad SMARTS) is 1. The highest BCUT2D eigenvalue weighted by molar-refractivity contribution is 6.30. The Labute approximate surface area is 158 Å². The van der Waals surface area contributed by atoms with Crippen LogP contribution in [0.3, 0.4) is 0 Å². The van der Waals surface area contributed by atoms with Crippen LogP contribution < -0.4 is 5.32 Å². The van der Waals surface area contributed by atoms with Crippen LogP contribution in [0.25, 0.3) is 0 Å². The first-order chi connectivity index (χ1) is 12.3. The van der Waals surface area contributed by atoms with Gasteiger partial charge in [0.1, 0.15) is 6.04 Å². The molecule has 2 N–H and O–H groups in total. The zero-order chi connectivity index (χ0) is 19.3. The SMILES string of the molecule is CCC(C)C(NC(=O)C1CCCN(C(=O)c2ccc(Cl)cc2)C1)C(=O)O. The molecule has 0 aliphatic carbocycles. The molecule has 1 fully saturated rings. The van der Waals surface area contributed by atoms with Gasteiger partial charge < -0.3 is 15.3 Å². The monoisotopic (exact) mass is 380 g/mol. The fourth-order valence-corrected chi connectivity index (χ4v) is 3.23. The number of carbonyl (C=O) groups excluding carboxylic acids is 2. The van der Waals surface area contributed by atoms with Gasteiger partial charge in [-0.05, 0) is 43.0 Å². The first-order valence-electron chi connectivity index (χ1n) is 8.91. The number of carboxylic acids is 1. The third-order valence-corrected chi connectivity index (χ3v) is 5.20. The van der Waals surface area contributed by atoms with Crippen molar-refractivity contribution in [1.29, 1.82) is 0 Å². The molecule has 3 atom stereocenters. The highest BCUT2D eigenvalue weighted by Crippen LogP contribution is 2.20. The van der Waals surface area contributed by atoms with E-state index in [1.807, 2.05) is 6.92 Å². The minimum Gasteiger partial charge on any atom is -0.480 e. The minimum absolute atomic E-state index is 0.143. The molecule has 0 bridgehead atoms. The fraction of sp³-hybridized carbons (Fsp3) is 0.526. The zero-order valence-corrected chi connectivity index (χ0v) is 15.8. The first kappa shape index (κ1) is 20.2. The van der Waals surface area contributed by atoms with E-state index >= 15 is 0 Å². The minimum atomic E-state index is -1.03. The number of hydrogen-bond acceptors (Lipinski definition) is 3. The van der Waals surface area contributed by atoms with E-state index in [1.165, 1.54) is 0 Å². The molecule has 7 heteroatoms. The van der Waals surface area contributed by atoms with Crippen LogP contribution in [0.4, 0.5) is 0 Å². The van der Waals surface area contributed by atoms with Crippen LogP contribution in [0.5, 0.6) is 0 Å². The highest BCUT2D eigenvalue weighted by atomic mass is 35.5. The standard InChI is InChI=1S/C19H25ClN2O4/c1-3-12(2)16(19(25)26)21-17(23)14-5-4-10-22(11-14)18(24)13-6-8-15(20)9-7-13/h6-9,12,14,16H,3-5,10-11H2,1-2H3,(H,21,23)(H,25,26). The lowest BCUT2D eigenvalue weighted by atomic mass is 9.94. The molecule has 0 aromatic heterocycles. The van der Waals surface area contributed by atoms with Gasteiger partial charge in [-0.2, -0.15) is 0 Å². The maximum Gasteiger partial charge on any atom is 0.326 e. The first-order valence-corrected chi connectivity index (χ1v) is 9.29. The Hall–Kier alpha value is -2.08. The third kappa shape index (κ3) is 4.97. The van der Waals surface area contributed by atoms with Crippen molar-refractivity contribution in [3.05, 3.63) is 34.9 Å². The van der Waals surface area contributed by atoms with Crippen LogP contribution >= 0.6 is 11.6 Å². The van der Waals surface area contributed by atoms with Gasteiger partial charge in [0.2, 0.25) is 5.91 Å². The quantitative estimate of drug-likeness (QED) is 0.794. The van der Waals surface area contributed by atoms with E-state index in [9.17, 15) is 19.5 Å².